The number of carbonyl (C=O) groups is 1. The molecule has 0 N–H and O–H groups in total. The largest absolute Gasteiger partial charge is 0.335 e. The fourth-order valence-electron chi connectivity index (χ4n) is 2.86. The number of halogens is 1. The van der Waals surface area contributed by atoms with E-state index in [4.69, 9.17) is 0 Å². The molecular formula is C17H21FN4O. The standard InChI is InChI=1S/C17H21FN4O/c1-20-16(6-8-19-20)17(23)22-12-10-21(11-13-22)9-7-14-2-4-15(18)5-3-14/h2-6,8H,7,9-13H2,1H3. The van der Waals surface area contributed by atoms with E-state index in [2.05, 4.69) is 10.00 Å². The zero-order valence-electron chi connectivity index (χ0n) is 13.3. The molecule has 0 spiro atoms. The molecule has 1 aliphatic heterocycles. The fraction of sp³-hybridized carbons (Fsp3) is 0.412. The molecule has 1 aromatic heterocycles. The monoisotopic (exact) mass is 316 g/mol. The van der Waals surface area contributed by atoms with Crippen LogP contribution in [0.4, 0.5) is 4.39 Å². The van der Waals surface area contributed by atoms with Gasteiger partial charge in [0.25, 0.3) is 5.91 Å². The van der Waals surface area contributed by atoms with Crippen LogP contribution in [0.15, 0.2) is 36.5 Å². The van der Waals surface area contributed by atoms with Crippen LogP contribution in [-0.4, -0.2) is 58.2 Å². The Balaban J connectivity index is 1.48. The lowest BCUT2D eigenvalue weighted by atomic mass is 10.1. The quantitative estimate of drug-likeness (QED) is 0.859. The second-order valence-corrected chi connectivity index (χ2v) is 5.85. The van der Waals surface area contributed by atoms with Gasteiger partial charge in [-0.25, -0.2) is 4.39 Å². The summed E-state index contributed by atoms with van der Waals surface area (Å²) in [6, 6.07) is 8.41. The molecule has 0 radical (unpaired) electrons. The minimum absolute atomic E-state index is 0.0446. The van der Waals surface area contributed by atoms with E-state index in [-0.39, 0.29) is 11.7 Å². The molecule has 2 heterocycles. The van der Waals surface area contributed by atoms with Gasteiger partial charge in [0.15, 0.2) is 0 Å². The molecule has 0 saturated carbocycles. The lowest BCUT2D eigenvalue weighted by Crippen LogP contribution is -2.49. The first kappa shape index (κ1) is 15.7. The fourth-order valence-corrected chi connectivity index (χ4v) is 2.86. The normalized spacial score (nSPS) is 15.8. The molecule has 23 heavy (non-hydrogen) atoms. The van der Waals surface area contributed by atoms with Gasteiger partial charge in [0.1, 0.15) is 11.5 Å². The van der Waals surface area contributed by atoms with Crippen molar-refractivity contribution in [2.45, 2.75) is 6.42 Å². The molecular weight excluding hydrogens is 295 g/mol. The van der Waals surface area contributed by atoms with Crippen LogP contribution < -0.4 is 0 Å². The molecule has 0 unspecified atom stereocenters. The number of benzene rings is 1. The molecule has 1 fully saturated rings. The lowest BCUT2D eigenvalue weighted by Gasteiger charge is -2.34. The number of hydrogen-bond acceptors (Lipinski definition) is 3. The molecule has 122 valence electrons. The number of aryl methyl sites for hydroxylation is 1. The van der Waals surface area contributed by atoms with Crippen molar-refractivity contribution in [2.24, 2.45) is 7.05 Å². The van der Waals surface area contributed by atoms with E-state index in [1.165, 1.54) is 12.1 Å². The molecule has 1 aromatic carbocycles. The van der Waals surface area contributed by atoms with Crippen LogP contribution in [0, 0.1) is 5.82 Å². The summed E-state index contributed by atoms with van der Waals surface area (Å²) in [5.74, 6) is -0.153. The minimum atomic E-state index is -0.198. The van der Waals surface area contributed by atoms with E-state index in [0.717, 1.165) is 44.7 Å². The maximum absolute atomic E-state index is 12.9. The van der Waals surface area contributed by atoms with Crippen molar-refractivity contribution >= 4 is 5.91 Å². The Kier molecular flexibility index (Phi) is 4.71. The van der Waals surface area contributed by atoms with Crippen molar-refractivity contribution in [1.82, 2.24) is 19.6 Å². The molecule has 1 aliphatic rings. The second kappa shape index (κ2) is 6.91. The summed E-state index contributed by atoms with van der Waals surface area (Å²) in [6.45, 7) is 4.12. The number of carbonyl (C=O) groups excluding carboxylic acids is 1. The van der Waals surface area contributed by atoms with E-state index in [1.807, 2.05) is 17.0 Å². The Labute approximate surface area is 135 Å². The SMILES string of the molecule is Cn1nccc1C(=O)N1CCN(CCc2ccc(F)cc2)CC1. The Morgan fingerprint density at radius 3 is 2.43 bits per heavy atom. The first-order valence-electron chi connectivity index (χ1n) is 7.87. The van der Waals surface area contributed by atoms with E-state index >= 15 is 0 Å². The number of hydrogen-bond donors (Lipinski definition) is 0. The molecule has 0 bridgehead atoms. The Morgan fingerprint density at radius 2 is 1.83 bits per heavy atom. The van der Waals surface area contributed by atoms with Gasteiger partial charge >= 0.3 is 0 Å². The minimum Gasteiger partial charge on any atom is -0.335 e. The summed E-state index contributed by atoms with van der Waals surface area (Å²) in [4.78, 5) is 16.6. The summed E-state index contributed by atoms with van der Waals surface area (Å²) in [7, 11) is 1.78. The van der Waals surface area contributed by atoms with Gasteiger partial charge in [0.05, 0.1) is 0 Å². The van der Waals surface area contributed by atoms with Crippen LogP contribution in [0.25, 0.3) is 0 Å². The van der Waals surface area contributed by atoms with E-state index in [1.54, 1.807) is 24.0 Å². The van der Waals surface area contributed by atoms with Crippen molar-refractivity contribution in [1.29, 1.82) is 0 Å². The highest BCUT2D eigenvalue weighted by Crippen LogP contribution is 2.10. The van der Waals surface area contributed by atoms with Crippen LogP contribution in [0.3, 0.4) is 0 Å². The Morgan fingerprint density at radius 1 is 1.13 bits per heavy atom. The predicted molar refractivity (Wildman–Crippen MR) is 85.7 cm³/mol. The van der Waals surface area contributed by atoms with E-state index in [0.29, 0.717) is 5.69 Å². The van der Waals surface area contributed by atoms with Crippen LogP contribution in [0.1, 0.15) is 16.1 Å². The van der Waals surface area contributed by atoms with Crippen molar-refractivity contribution in [2.75, 3.05) is 32.7 Å². The maximum Gasteiger partial charge on any atom is 0.272 e. The lowest BCUT2D eigenvalue weighted by molar-refractivity contribution is 0.0628. The highest BCUT2D eigenvalue weighted by atomic mass is 19.1. The first-order valence-corrected chi connectivity index (χ1v) is 7.87. The van der Waals surface area contributed by atoms with Gasteiger partial charge in [-0.15, -0.1) is 0 Å². The van der Waals surface area contributed by atoms with Gasteiger partial charge in [-0.05, 0) is 30.2 Å². The molecule has 6 heteroatoms. The summed E-state index contributed by atoms with van der Waals surface area (Å²) in [6.07, 6.45) is 2.54. The number of nitrogens with zero attached hydrogens (tertiary/aromatic N) is 4. The number of piperazine rings is 1. The van der Waals surface area contributed by atoms with Crippen LogP contribution in [0.5, 0.6) is 0 Å². The number of amides is 1. The summed E-state index contributed by atoms with van der Waals surface area (Å²) in [5.41, 5.74) is 1.77. The van der Waals surface area contributed by atoms with Crippen LogP contribution in [-0.2, 0) is 13.5 Å². The van der Waals surface area contributed by atoms with Gasteiger partial charge in [-0.3, -0.25) is 14.4 Å². The third-order valence-electron chi connectivity index (χ3n) is 4.33. The average Bonchev–Trinajstić information content (AvgIpc) is 3.00. The van der Waals surface area contributed by atoms with Gasteiger partial charge in [-0.2, -0.15) is 5.10 Å². The molecule has 1 saturated heterocycles. The molecule has 5 nitrogen and oxygen atoms in total. The molecule has 0 aliphatic carbocycles. The van der Waals surface area contributed by atoms with Crippen molar-refractivity contribution in [3.05, 3.63) is 53.6 Å². The van der Waals surface area contributed by atoms with Gasteiger partial charge in [-0.1, -0.05) is 12.1 Å². The van der Waals surface area contributed by atoms with Crippen molar-refractivity contribution in [3.63, 3.8) is 0 Å². The molecule has 0 atom stereocenters. The Bertz CT molecular complexity index is 659. The molecule has 2 aromatic rings. The van der Waals surface area contributed by atoms with E-state index < -0.39 is 0 Å². The average molecular weight is 316 g/mol. The third kappa shape index (κ3) is 3.76. The van der Waals surface area contributed by atoms with Crippen LogP contribution in [0.2, 0.25) is 0 Å². The second-order valence-electron chi connectivity index (χ2n) is 5.85. The maximum atomic E-state index is 12.9. The zero-order chi connectivity index (χ0) is 16.2. The summed E-state index contributed by atoms with van der Waals surface area (Å²) < 4.78 is 14.5. The van der Waals surface area contributed by atoms with Gasteiger partial charge in [0.2, 0.25) is 0 Å². The smallest absolute Gasteiger partial charge is 0.272 e. The molecule has 1 amide bonds. The number of rotatable bonds is 4. The van der Waals surface area contributed by atoms with Gasteiger partial charge in [0, 0.05) is 46.0 Å². The first-order chi connectivity index (χ1) is 11.1. The van der Waals surface area contributed by atoms with Crippen molar-refractivity contribution in [3.8, 4) is 0 Å². The third-order valence-corrected chi connectivity index (χ3v) is 4.33. The predicted octanol–water partition coefficient (Wildman–Crippen LogP) is 1.56. The van der Waals surface area contributed by atoms with Crippen molar-refractivity contribution < 1.29 is 9.18 Å². The Hall–Kier alpha value is -2.21. The summed E-state index contributed by atoms with van der Waals surface area (Å²) >= 11 is 0. The topological polar surface area (TPSA) is 41.4 Å². The van der Waals surface area contributed by atoms with Gasteiger partial charge < -0.3 is 4.90 Å². The highest BCUT2D eigenvalue weighted by Gasteiger charge is 2.23. The molecule has 3 rings (SSSR count). The zero-order valence-corrected chi connectivity index (χ0v) is 13.3. The highest BCUT2D eigenvalue weighted by molar-refractivity contribution is 5.92. The van der Waals surface area contributed by atoms with Crippen LogP contribution >= 0.6 is 0 Å². The number of aromatic nitrogens is 2. The van der Waals surface area contributed by atoms with E-state index in [9.17, 15) is 9.18 Å². The summed E-state index contributed by atoms with van der Waals surface area (Å²) in [5, 5.41) is 4.05.